The Hall–Kier alpha value is -0.930. The average molecular weight is 248 g/mol. The van der Waals surface area contributed by atoms with Crippen molar-refractivity contribution < 1.29 is 0 Å². The number of hydrogen-bond acceptors (Lipinski definition) is 2. The van der Waals surface area contributed by atoms with Crippen molar-refractivity contribution in [2.45, 2.75) is 38.3 Å². The number of hydrogen-bond donors (Lipinski definition) is 1. The molecule has 0 radical (unpaired) electrons. The van der Waals surface area contributed by atoms with Crippen molar-refractivity contribution in [3.05, 3.63) is 35.9 Å². The third-order valence-corrected chi connectivity index (χ3v) is 3.92. The minimum Gasteiger partial charge on any atom is -0.392 e. The fourth-order valence-electron chi connectivity index (χ4n) is 2.65. The van der Waals surface area contributed by atoms with Gasteiger partial charge in [0.05, 0.1) is 11.0 Å². The van der Waals surface area contributed by atoms with Gasteiger partial charge in [-0.25, -0.2) is 0 Å². The van der Waals surface area contributed by atoms with E-state index in [4.69, 9.17) is 18.0 Å². The molecular weight excluding hydrogens is 228 g/mol. The van der Waals surface area contributed by atoms with Crippen molar-refractivity contribution in [1.29, 1.82) is 0 Å². The van der Waals surface area contributed by atoms with E-state index in [-0.39, 0.29) is 6.04 Å². The van der Waals surface area contributed by atoms with Gasteiger partial charge in [-0.3, -0.25) is 4.90 Å². The fraction of sp³-hybridized carbons (Fsp3) is 0.500. The Labute approximate surface area is 109 Å². The molecule has 2 unspecified atom stereocenters. The van der Waals surface area contributed by atoms with Gasteiger partial charge in [0.2, 0.25) is 0 Å². The van der Waals surface area contributed by atoms with Gasteiger partial charge in [0.1, 0.15) is 0 Å². The summed E-state index contributed by atoms with van der Waals surface area (Å²) in [6.07, 6.45) is 3.59. The van der Waals surface area contributed by atoms with Crippen LogP contribution in [-0.4, -0.2) is 22.5 Å². The van der Waals surface area contributed by atoms with Gasteiger partial charge in [0.25, 0.3) is 0 Å². The molecule has 1 aliphatic rings. The van der Waals surface area contributed by atoms with Crippen LogP contribution in [0.1, 0.15) is 37.8 Å². The second-order valence-corrected chi connectivity index (χ2v) is 5.21. The van der Waals surface area contributed by atoms with Crippen molar-refractivity contribution in [1.82, 2.24) is 4.90 Å². The van der Waals surface area contributed by atoms with Crippen molar-refractivity contribution in [3.8, 4) is 0 Å². The zero-order chi connectivity index (χ0) is 12.3. The number of nitrogens with zero attached hydrogens (tertiary/aromatic N) is 1. The second-order valence-electron chi connectivity index (χ2n) is 4.74. The summed E-state index contributed by atoms with van der Waals surface area (Å²) in [5.41, 5.74) is 7.21. The van der Waals surface area contributed by atoms with Crippen LogP contribution in [0.2, 0.25) is 0 Å². The van der Waals surface area contributed by atoms with E-state index in [0.717, 1.165) is 13.0 Å². The number of likely N-dealkylation sites (tertiary alicyclic amines) is 1. The van der Waals surface area contributed by atoms with Crippen LogP contribution in [0.4, 0.5) is 0 Å². The number of rotatable bonds is 3. The van der Waals surface area contributed by atoms with E-state index in [0.29, 0.717) is 11.0 Å². The summed E-state index contributed by atoms with van der Waals surface area (Å²) < 4.78 is 0. The van der Waals surface area contributed by atoms with Crippen LogP contribution in [0.5, 0.6) is 0 Å². The first kappa shape index (κ1) is 12.5. The van der Waals surface area contributed by atoms with Crippen LogP contribution in [0.25, 0.3) is 0 Å². The zero-order valence-corrected chi connectivity index (χ0v) is 11.1. The summed E-state index contributed by atoms with van der Waals surface area (Å²) in [5, 5.41) is 0. The van der Waals surface area contributed by atoms with Crippen LogP contribution in [0.3, 0.4) is 0 Å². The highest BCUT2D eigenvalue weighted by Gasteiger charge is 2.28. The molecule has 0 aromatic heterocycles. The van der Waals surface area contributed by atoms with E-state index in [9.17, 15) is 0 Å². The molecule has 0 spiro atoms. The maximum atomic E-state index is 5.86. The van der Waals surface area contributed by atoms with Gasteiger partial charge in [-0.05, 0) is 31.9 Å². The third kappa shape index (κ3) is 2.85. The van der Waals surface area contributed by atoms with E-state index in [2.05, 4.69) is 42.2 Å². The van der Waals surface area contributed by atoms with Gasteiger partial charge >= 0.3 is 0 Å². The zero-order valence-electron chi connectivity index (χ0n) is 10.3. The molecule has 1 aromatic carbocycles. The maximum absolute atomic E-state index is 5.86. The van der Waals surface area contributed by atoms with Gasteiger partial charge in [-0.15, -0.1) is 0 Å². The second kappa shape index (κ2) is 5.61. The Morgan fingerprint density at radius 2 is 2.06 bits per heavy atom. The van der Waals surface area contributed by atoms with Crippen molar-refractivity contribution in [2.24, 2.45) is 5.73 Å². The lowest BCUT2D eigenvalue weighted by Crippen LogP contribution is -2.47. The maximum Gasteiger partial charge on any atom is 0.0902 e. The molecule has 2 atom stereocenters. The normalized spacial score (nSPS) is 23.2. The molecule has 0 aliphatic carbocycles. The molecule has 17 heavy (non-hydrogen) atoms. The molecular formula is C14H20N2S. The highest BCUT2D eigenvalue weighted by atomic mass is 32.1. The Morgan fingerprint density at radius 3 is 2.71 bits per heavy atom. The monoisotopic (exact) mass is 248 g/mol. The molecule has 1 fully saturated rings. The highest BCUT2D eigenvalue weighted by molar-refractivity contribution is 7.80. The lowest BCUT2D eigenvalue weighted by Gasteiger charge is -2.39. The average Bonchev–Trinajstić information content (AvgIpc) is 2.39. The molecule has 1 saturated heterocycles. The van der Waals surface area contributed by atoms with E-state index in [1.165, 1.54) is 18.4 Å². The minimum atomic E-state index is 0.272. The number of benzene rings is 1. The number of thiocarbonyl (C=S) groups is 1. The van der Waals surface area contributed by atoms with Crippen LogP contribution in [-0.2, 0) is 0 Å². The SMILES string of the molecule is CC(c1ccccc1)N1CCCCC1C(N)=S. The molecule has 1 aromatic rings. The van der Waals surface area contributed by atoms with Gasteiger partial charge in [0.15, 0.2) is 0 Å². The summed E-state index contributed by atoms with van der Waals surface area (Å²) in [6, 6.07) is 11.2. The van der Waals surface area contributed by atoms with Crippen molar-refractivity contribution in [2.75, 3.05) is 6.54 Å². The van der Waals surface area contributed by atoms with Gasteiger partial charge < -0.3 is 5.73 Å². The summed E-state index contributed by atoms with van der Waals surface area (Å²) in [4.78, 5) is 3.09. The first-order valence-corrected chi connectivity index (χ1v) is 6.71. The minimum absolute atomic E-state index is 0.272. The highest BCUT2D eigenvalue weighted by Crippen LogP contribution is 2.28. The standard InChI is InChI=1S/C14H20N2S/c1-11(12-7-3-2-4-8-12)16-10-6-5-9-13(16)14(15)17/h2-4,7-8,11,13H,5-6,9-10H2,1H3,(H2,15,17). The Kier molecular flexibility index (Phi) is 4.13. The third-order valence-electron chi connectivity index (χ3n) is 3.65. The summed E-state index contributed by atoms with van der Waals surface area (Å²) in [7, 11) is 0. The van der Waals surface area contributed by atoms with E-state index < -0.39 is 0 Å². The summed E-state index contributed by atoms with van der Waals surface area (Å²) in [6.45, 7) is 3.34. The van der Waals surface area contributed by atoms with Gasteiger partial charge in [0, 0.05) is 6.04 Å². The Bertz CT molecular complexity index is 377. The van der Waals surface area contributed by atoms with Gasteiger partial charge in [-0.1, -0.05) is 49.0 Å². The van der Waals surface area contributed by atoms with Gasteiger partial charge in [-0.2, -0.15) is 0 Å². The number of nitrogens with two attached hydrogens (primary N) is 1. The molecule has 2 N–H and O–H groups in total. The van der Waals surface area contributed by atoms with E-state index >= 15 is 0 Å². The molecule has 1 heterocycles. The fourth-order valence-corrected chi connectivity index (χ4v) is 2.90. The first-order chi connectivity index (χ1) is 8.20. The molecule has 0 bridgehead atoms. The topological polar surface area (TPSA) is 29.3 Å². The van der Waals surface area contributed by atoms with Crippen molar-refractivity contribution >= 4 is 17.2 Å². The molecule has 2 rings (SSSR count). The van der Waals surface area contributed by atoms with Crippen LogP contribution in [0, 0.1) is 0 Å². The van der Waals surface area contributed by atoms with Crippen molar-refractivity contribution in [3.63, 3.8) is 0 Å². The Morgan fingerprint density at radius 1 is 1.35 bits per heavy atom. The molecule has 92 valence electrons. The van der Waals surface area contributed by atoms with Crippen LogP contribution >= 0.6 is 12.2 Å². The molecule has 0 amide bonds. The summed E-state index contributed by atoms with van der Waals surface area (Å²) in [5.74, 6) is 0. The van der Waals surface area contributed by atoms with Crippen LogP contribution < -0.4 is 5.73 Å². The number of piperidine rings is 1. The lowest BCUT2D eigenvalue weighted by molar-refractivity contribution is 0.143. The summed E-state index contributed by atoms with van der Waals surface area (Å²) >= 11 is 5.20. The predicted molar refractivity (Wildman–Crippen MR) is 76.0 cm³/mol. The molecule has 3 heteroatoms. The van der Waals surface area contributed by atoms with Crippen LogP contribution in [0.15, 0.2) is 30.3 Å². The Balaban J connectivity index is 2.16. The molecule has 1 aliphatic heterocycles. The quantitative estimate of drug-likeness (QED) is 0.834. The smallest absolute Gasteiger partial charge is 0.0902 e. The molecule has 0 saturated carbocycles. The van der Waals surface area contributed by atoms with E-state index in [1.807, 2.05) is 0 Å². The lowest BCUT2D eigenvalue weighted by atomic mass is 9.97. The molecule has 2 nitrogen and oxygen atoms in total. The van der Waals surface area contributed by atoms with E-state index in [1.54, 1.807) is 0 Å². The largest absolute Gasteiger partial charge is 0.392 e. The predicted octanol–water partition coefficient (Wildman–Crippen LogP) is 2.89. The first-order valence-electron chi connectivity index (χ1n) is 6.30.